The lowest BCUT2D eigenvalue weighted by Crippen LogP contribution is -2.27. The quantitative estimate of drug-likeness (QED) is 0.370. The molecule has 1 aromatic heterocycles. The van der Waals surface area contributed by atoms with E-state index < -0.39 is 35.3 Å². The molecule has 1 aliphatic rings. The fourth-order valence-electron chi connectivity index (χ4n) is 3.73. The number of carbonyl (C=O) groups excluding carboxylic acids is 1. The van der Waals surface area contributed by atoms with Crippen LogP contribution in [-0.2, 0) is 11.0 Å². The Morgan fingerprint density at radius 3 is 2.28 bits per heavy atom. The second-order valence-corrected chi connectivity index (χ2v) is 8.14. The molecule has 0 saturated heterocycles. The van der Waals surface area contributed by atoms with Gasteiger partial charge in [-0.3, -0.25) is 9.59 Å². The van der Waals surface area contributed by atoms with E-state index in [4.69, 9.17) is 14.3 Å². The topological polar surface area (TPSA) is 127 Å². The largest absolute Gasteiger partial charge is 0.490 e. The van der Waals surface area contributed by atoms with Crippen LogP contribution in [0.1, 0.15) is 41.9 Å². The number of nitrogens with one attached hydrogen (secondary N) is 2. The zero-order valence-corrected chi connectivity index (χ0v) is 18.5. The number of carboxylic acids is 1. The fraction of sp³-hybridized carbons (Fsp3) is 0.304. The minimum absolute atomic E-state index is 0.0801. The van der Waals surface area contributed by atoms with Crippen molar-refractivity contribution in [2.75, 3.05) is 10.6 Å². The van der Waals surface area contributed by atoms with Crippen LogP contribution in [0.15, 0.2) is 46.9 Å². The molecule has 3 N–H and O–H groups in total. The Morgan fingerprint density at radius 2 is 1.67 bits per heavy atom. The smallest absolute Gasteiger partial charge is 0.419 e. The summed E-state index contributed by atoms with van der Waals surface area (Å²) in [6.45, 7) is 0. The number of anilines is 3. The van der Waals surface area contributed by atoms with Gasteiger partial charge in [-0.15, -0.1) is 5.10 Å². The zero-order valence-electron chi connectivity index (χ0n) is 18.5. The van der Waals surface area contributed by atoms with Crippen molar-refractivity contribution < 1.29 is 41.4 Å². The van der Waals surface area contributed by atoms with Crippen molar-refractivity contribution in [3.05, 3.63) is 59.7 Å². The molecule has 9 nitrogen and oxygen atoms in total. The molecule has 2 aromatic carbocycles. The monoisotopic (exact) mass is 508 g/mol. The second-order valence-electron chi connectivity index (χ2n) is 8.14. The van der Waals surface area contributed by atoms with E-state index in [1.807, 2.05) is 0 Å². The van der Waals surface area contributed by atoms with Gasteiger partial charge < -0.3 is 24.9 Å². The summed E-state index contributed by atoms with van der Waals surface area (Å²) in [5.41, 5.74) is -1.09. The van der Waals surface area contributed by atoms with Crippen molar-refractivity contribution in [1.29, 1.82) is 0 Å². The third kappa shape index (κ3) is 6.09. The molecule has 0 aliphatic heterocycles. The van der Waals surface area contributed by atoms with Crippen molar-refractivity contribution in [2.24, 2.45) is 5.92 Å². The summed E-state index contributed by atoms with van der Waals surface area (Å²) in [4.78, 5) is 23.4. The third-order valence-corrected chi connectivity index (χ3v) is 5.58. The number of ether oxygens (including phenoxy) is 1. The molecule has 0 bridgehead atoms. The lowest BCUT2D eigenvalue weighted by atomic mass is 9.87. The lowest BCUT2D eigenvalue weighted by Gasteiger charge is -2.26. The highest BCUT2D eigenvalue weighted by Gasteiger charge is 2.34. The van der Waals surface area contributed by atoms with Crippen LogP contribution in [0, 0.1) is 11.7 Å². The minimum Gasteiger partial charge on any atom is -0.490 e. The molecular weight excluding hydrogens is 488 g/mol. The number of aromatic nitrogens is 2. The number of hydrogen-bond donors (Lipinski definition) is 3. The van der Waals surface area contributed by atoms with Gasteiger partial charge in [-0.05, 0) is 68.1 Å². The Morgan fingerprint density at radius 1 is 1.00 bits per heavy atom. The number of hydrogen-bond acceptors (Lipinski definition) is 7. The number of rotatable bonds is 7. The molecular formula is C23H20F4N4O5. The van der Waals surface area contributed by atoms with Gasteiger partial charge in [-0.25, -0.2) is 4.39 Å². The highest BCUT2D eigenvalue weighted by molar-refractivity contribution is 6.00. The molecule has 0 radical (unpaired) electrons. The summed E-state index contributed by atoms with van der Waals surface area (Å²) in [5, 5.41) is 21.2. The number of amides is 1. The van der Waals surface area contributed by atoms with Crippen LogP contribution >= 0.6 is 0 Å². The van der Waals surface area contributed by atoms with E-state index in [9.17, 15) is 27.2 Å². The van der Waals surface area contributed by atoms with Gasteiger partial charge in [0.05, 0.1) is 17.6 Å². The van der Waals surface area contributed by atoms with Crippen LogP contribution in [0.5, 0.6) is 5.75 Å². The van der Waals surface area contributed by atoms with Crippen LogP contribution in [0.25, 0.3) is 0 Å². The van der Waals surface area contributed by atoms with Gasteiger partial charge in [0, 0.05) is 11.4 Å². The summed E-state index contributed by atoms with van der Waals surface area (Å²) in [6, 6.07) is 8.34. The first-order valence-electron chi connectivity index (χ1n) is 10.9. The average Bonchev–Trinajstić information content (AvgIpc) is 3.28. The van der Waals surface area contributed by atoms with Gasteiger partial charge in [0.25, 0.3) is 0 Å². The second kappa shape index (κ2) is 10.2. The van der Waals surface area contributed by atoms with E-state index in [0.29, 0.717) is 49.3 Å². The maximum atomic E-state index is 13.7. The van der Waals surface area contributed by atoms with Gasteiger partial charge in [-0.2, -0.15) is 13.2 Å². The third-order valence-electron chi connectivity index (χ3n) is 5.58. The van der Waals surface area contributed by atoms with Gasteiger partial charge in [-0.1, -0.05) is 5.10 Å². The van der Waals surface area contributed by atoms with E-state index in [1.165, 1.54) is 0 Å². The molecule has 0 atom stereocenters. The number of nitrogens with zero attached hydrogens (tertiary/aromatic N) is 2. The van der Waals surface area contributed by atoms with E-state index in [0.717, 1.165) is 6.07 Å². The van der Waals surface area contributed by atoms with Crippen LogP contribution in [-0.4, -0.2) is 33.3 Å². The Hall–Kier alpha value is -4.16. The highest BCUT2D eigenvalue weighted by atomic mass is 19.4. The lowest BCUT2D eigenvalue weighted by molar-refractivity contribution is -0.143. The molecule has 3 aromatic rings. The number of alkyl halides is 3. The molecule has 1 saturated carbocycles. The Kier molecular flexibility index (Phi) is 7.08. The Labute approximate surface area is 201 Å². The SMILES string of the molecule is O=C(Nc1ccc(OC2CCC(C(=O)O)CC2)cc1)c1nnc(Nc2ccc(C(F)(F)F)c(F)c2)o1. The van der Waals surface area contributed by atoms with Gasteiger partial charge in [0.1, 0.15) is 11.6 Å². The molecule has 0 unspecified atom stereocenters. The highest BCUT2D eigenvalue weighted by Crippen LogP contribution is 2.33. The molecule has 190 valence electrons. The molecule has 1 aliphatic carbocycles. The summed E-state index contributed by atoms with van der Waals surface area (Å²) in [5.74, 6) is -3.20. The summed E-state index contributed by atoms with van der Waals surface area (Å²) in [6.07, 6.45) is -2.51. The van der Waals surface area contributed by atoms with Crippen molar-refractivity contribution in [3.63, 3.8) is 0 Å². The normalized spacial score (nSPS) is 17.9. The number of benzene rings is 2. The average molecular weight is 508 g/mol. The molecule has 36 heavy (non-hydrogen) atoms. The summed E-state index contributed by atoms with van der Waals surface area (Å²) >= 11 is 0. The number of halogens is 4. The van der Waals surface area contributed by atoms with Gasteiger partial charge in [0.15, 0.2) is 0 Å². The Balaban J connectivity index is 1.31. The van der Waals surface area contributed by atoms with Crippen molar-refractivity contribution in [3.8, 4) is 5.75 Å². The minimum atomic E-state index is -4.83. The first kappa shape index (κ1) is 24.9. The van der Waals surface area contributed by atoms with E-state index in [1.54, 1.807) is 24.3 Å². The number of carbonyl (C=O) groups is 2. The van der Waals surface area contributed by atoms with Crippen LogP contribution < -0.4 is 15.4 Å². The van der Waals surface area contributed by atoms with Crippen LogP contribution in [0.3, 0.4) is 0 Å². The first-order valence-corrected chi connectivity index (χ1v) is 10.9. The standard InChI is InChI=1S/C23H20F4N4O5/c24-18-11-14(5-10-17(18)23(25,26)27)29-22-31-30-20(36-22)19(32)28-13-3-8-16(9-4-13)35-15-6-1-12(2-7-15)21(33)34/h3-5,8-12,15H,1-2,6-7H2,(H,28,32)(H,29,31)(H,33,34). The zero-order chi connectivity index (χ0) is 25.9. The van der Waals surface area contributed by atoms with E-state index in [-0.39, 0.29) is 23.7 Å². The first-order chi connectivity index (χ1) is 17.1. The maximum absolute atomic E-state index is 13.7. The predicted octanol–water partition coefficient (Wildman–Crippen LogP) is 5.25. The van der Waals surface area contributed by atoms with E-state index >= 15 is 0 Å². The van der Waals surface area contributed by atoms with E-state index in [2.05, 4.69) is 20.8 Å². The van der Waals surface area contributed by atoms with Gasteiger partial charge in [0.2, 0.25) is 0 Å². The fourth-order valence-corrected chi connectivity index (χ4v) is 3.73. The molecule has 4 rings (SSSR count). The molecule has 1 heterocycles. The van der Waals surface area contributed by atoms with Gasteiger partial charge >= 0.3 is 30.0 Å². The Bertz CT molecular complexity index is 1240. The van der Waals surface area contributed by atoms with Crippen molar-refractivity contribution in [1.82, 2.24) is 10.2 Å². The summed E-state index contributed by atoms with van der Waals surface area (Å²) in [7, 11) is 0. The molecule has 13 heteroatoms. The van der Waals surface area contributed by atoms with Crippen LogP contribution in [0.2, 0.25) is 0 Å². The number of aliphatic carboxylic acids is 1. The maximum Gasteiger partial charge on any atom is 0.419 e. The van der Waals surface area contributed by atoms with Crippen LogP contribution in [0.4, 0.5) is 35.0 Å². The molecule has 1 amide bonds. The van der Waals surface area contributed by atoms with Crippen molar-refractivity contribution >= 4 is 29.3 Å². The molecule has 0 spiro atoms. The molecule has 1 fully saturated rings. The van der Waals surface area contributed by atoms with Crippen molar-refractivity contribution in [2.45, 2.75) is 38.0 Å². The summed E-state index contributed by atoms with van der Waals surface area (Å²) < 4.78 is 62.8. The number of carboxylic acid groups (broad SMARTS) is 1. The predicted molar refractivity (Wildman–Crippen MR) is 117 cm³/mol.